The minimum Gasteiger partial charge on any atom is -0.396 e. The van der Waals surface area contributed by atoms with Crippen molar-refractivity contribution in [3.63, 3.8) is 0 Å². The van der Waals surface area contributed by atoms with Crippen LogP contribution in [-0.2, 0) is 11.2 Å². The fourth-order valence-corrected chi connectivity index (χ4v) is 4.50. The van der Waals surface area contributed by atoms with E-state index in [9.17, 15) is 9.90 Å². The van der Waals surface area contributed by atoms with Crippen LogP contribution in [0.2, 0.25) is 0 Å². The number of amides is 1. The quantitative estimate of drug-likeness (QED) is 0.297. The Labute approximate surface area is 191 Å². The van der Waals surface area contributed by atoms with E-state index in [1.165, 1.54) is 24.8 Å². The van der Waals surface area contributed by atoms with Crippen molar-refractivity contribution in [1.82, 2.24) is 10.6 Å². The van der Waals surface area contributed by atoms with Crippen LogP contribution >= 0.6 is 24.0 Å². The van der Waals surface area contributed by atoms with Crippen molar-refractivity contribution in [3.8, 4) is 0 Å². The molecule has 0 saturated heterocycles. The zero-order valence-corrected chi connectivity index (χ0v) is 19.8. The summed E-state index contributed by atoms with van der Waals surface area (Å²) in [5.74, 6) is 0.719. The smallest absolute Gasteiger partial charge is 0.248 e. The monoisotopic (exact) mass is 514 g/mol. The van der Waals surface area contributed by atoms with Crippen LogP contribution in [-0.4, -0.2) is 49.8 Å². The summed E-state index contributed by atoms with van der Waals surface area (Å²) in [5.41, 5.74) is 2.39. The Morgan fingerprint density at radius 1 is 1.21 bits per heavy atom. The van der Waals surface area contributed by atoms with Crippen LogP contribution in [0, 0.1) is 5.41 Å². The van der Waals surface area contributed by atoms with Crippen molar-refractivity contribution in [2.45, 2.75) is 51.9 Å². The molecular formula is C22H35IN4O2. The number of hydrogen-bond acceptors (Lipinski definition) is 3. The number of carbonyl (C=O) groups is 1. The lowest BCUT2D eigenvalue weighted by atomic mass is 9.72. The second-order valence-electron chi connectivity index (χ2n) is 8.01. The first-order valence-electron chi connectivity index (χ1n) is 10.7. The zero-order valence-electron chi connectivity index (χ0n) is 17.5. The molecule has 0 spiro atoms. The SMILES string of the molecule is CCNC(=NCC(=O)N1CCc2ccccc21)NCC1(CCO)CCCCC1.I. The van der Waals surface area contributed by atoms with Gasteiger partial charge in [-0.15, -0.1) is 24.0 Å². The number of aliphatic hydroxyl groups excluding tert-OH is 1. The predicted molar refractivity (Wildman–Crippen MR) is 129 cm³/mol. The minimum atomic E-state index is 0. The van der Waals surface area contributed by atoms with Gasteiger partial charge in [0, 0.05) is 31.9 Å². The standard InChI is InChI=1S/C22H34N4O2.HI/c1-2-23-21(25-17-22(13-15-27)11-6-3-7-12-22)24-16-20(28)26-14-10-18-8-4-5-9-19(18)26;/h4-5,8-9,27H,2-3,6-7,10-17H2,1H3,(H2,23,24,25);1H. The summed E-state index contributed by atoms with van der Waals surface area (Å²) in [7, 11) is 0. The summed E-state index contributed by atoms with van der Waals surface area (Å²) in [5, 5.41) is 16.2. The Hall–Kier alpha value is -1.35. The van der Waals surface area contributed by atoms with E-state index in [0.717, 1.165) is 51.0 Å². The fraction of sp³-hybridized carbons (Fsp3) is 0.636. The molecule has 162 valence electrons. The van der Waals surface area contributed by atoms with Gasteiger partial charge in [-0.05, 0) is 49.7 Å². The Morgan fingerprint density at radius 3 is 2.69 bits per heavy atom. The first kappa shape index (κ1) is 23.9. The van der Waals surface area contributed by atoms with Gasteiger partial charge in [0.25, 0.3) is 0 Å². The molecule has 3 rings (SSSR count). The second-order valence-corrected chi connectivity index (χ2v) is 8.01. The number of nitrogens with one attached hydrogen (secondary N) is 2. The van der Waals surface area contributed by atoms with Crippen LogP contribution < -0.4 is 15.5 Å². The van der Waals surface area contributed by atoms with E-state index in [0.29, 0.717) is 5.96 Å². The van der Waals surface area contributed by atoms with E-state index in [1.807, 2.05) is 30.0 Å². The molecule has 0 bridgehead atoms. The molecule has 0 aromatic heterocycles. The molecule has 1 heterocycles. The lowest BCUT2D eigenvalue weighted by molar-refractivity contribution is -0.117. The average Bonchev–Trinajstić information content (AvgIpc) is 3.15. The molecule has 0 radical (unpaired) electrons. The molecule has 1 aromatic carbocycles. The third kappa shape index (κ3) is 6.31. The number of anilines is 1. The van der Waals surface area contributed by atoms with Crippen LogP contribution in [0.3, 0.4) is 0 Å². The average molecular weight is 514 g/mol. The molecule has 7 heteroatoms. The number of aliphatic hydroxyl groups is 1. The van der Waals surface area contributed by atoms with Crippen molar-refractivity contribution in [2.75, 3.05) is 37.7 Å². The molecule has 6 nitrogen and oxygen atoms in total. The zero-order chi connectivity index (χ0) is 19.8. The Kier molecular flexibility index (Phi) is 9.68. The highest BCUT2D eigenvalue weighted by Gasteiger charge is 2.31. The maximum absolute atomic E-state index is 12.7. The van der Waals surface area contributed by atoms with Crippen molar-refractivity contribution in [3.05, 3.63) is 29.8 Å². The molecule has 29 heavy (non-hydrogen) atoms. The van der Waals surface area contributed by atoms with Gasteiger partial charge in [0.1, 0.15) is 6.54 Å². The van der Waals surface area contributed by atoms with Crippen LogP contribution in [0.5, 0.6) is 0 Å². The Balaban J connectivity index is 0.00000300. The largest absolute Gasteiger partial charge is 0.396 e. The van der Waals surface area contributed by atoms with Gasteiger partial charge < -0.3 is 20.6 Å². The van der Waals surface area contributed by atoms with Gasteiger partial charge in [0.05, 0.1) is 0 Å². The molecule has 3 N–H and O–H groups in total. The van der Waals surface area contributed by atoms with E-state index in [4.69, 9.17) is 0 Å². The summed E-state index contributed by atoms with van der Waals surface area (Å²) in [6.07, 6.45) is 7.75. The van der Waals surface area contributed by atoms with E-state index in [2.05, 4.69) is 21.7 Å². The Morgan fingerprint density at radius 2 is 1.97 bits per heavy atom. The summed E-state index contributed by atoms with van der Waals surface area (Å²) in [6, 6.07) is 8.09. The molecule has 2 aliphatic rings. The normalized spacial score (nSPS) is 18.0. The summed E-state index contributed by atoms with van der Waals surface area (Å²) < 4.78 is 0. The van der Waals surface area contributed by atoms with Crippen molar-refractivity contribution >= 4 is 41.5 Å². The van der Waals surface area contributed by atoms with Crippen molar-refractivity contribution < 1.29 is 9.90 Å². The van der Waals surface area contributed by atoms with Gasteiger partial charge in [0.2, 0.25) is 5.91 Å². The number of carbonyl (C=O) groups excluding carboxylic acids is 1. The first-order valence-corrected chi connectivity index (χ1v) is 10.7. The highest BCUT2D eigenvalue weighted by molar-refractivity contribution is 14.0. The van der Waals surface area contributed by atoms with Gasteiger partial charge >= 0.3 is 0 Å². The van der Waals surface area contributed by atoms with Gasteiger partial charge in [0.15, 0.2) is 5.96 Å². The van der Waals surface area contributed by atoms with E-state index in [-0.39, 0.29) is 48.5 Å². The molecule has 1 aliphatic heterocycles. The molecule has 1 fully saturated rings. The highest BCUT2D eigenvalue weighted by atomic mass is 127. The second kappa shape index (κ2) is 11.7. The third-order valence-corrected chi connectivity index (χ3v) is 6.09. The van der Waals surface area contributed by atoms with Crippen molar-refractivity contribution in [1.29, 1.82) is 0 Å². The number of para-hydroxylation sites is 1. The molecule has 0 atom stereocenters. The third-order valence-electron chi connectivity index (χ3n) is 6.09. The van der Waals surface area contributed by atoms with Crippen LogP contribution in [0.15, 0.2) is 29.3 Å². The predicted octanol–water partition coefficient (Wildman–Crippen LogP) is 3.08. The van der Waals surface area contributed by atoms with E-state index < -0.39 is 0 Å². The molecule has 0 unspecified atom stereocenters. The number of fused-ring (bicyclic) bond motifs is 1. The van der Waals surface area contributed by atoms with Crippen LogP contribution in [0.1, 0.15) is 51.0 Å². The van der Waals surface area contributed by atoms with Crippen LogP contribution in [0.4, 0.5) is 5.69 Å². The topological polar surface area (TPSA) is 77.0 Å². The number of aliphatic imine (C=N–C) groups is 1. The molecule has 1 aliphatic carbocycles. The lowest BCUT2D eigenvalue weighted by Gasteiger charge is -2.37. The molecule has 1 amide bonds. The summed E-state index contributed by atoms with van der Waals surface area (Å²) in [6.45, 7) is 4.66. The molecule has 1 aromatic rings. The summed E-state index contributed by atoms with van der Waals surface area (Å²) in [4.78, 5) is 19.1. The van der Waals surface area contributed by atoms with Gasteiger partial charge in [-0.1, -0.05) is 37.5 Å². The maximum atomic E-state index is 12.7. The fourth-order valence-electron chi connectivity index (χ4n) is 4.50. The van der Waals surface area contributed by atoms with E-state index in [1.54, 1.807) is 0 Å². The number of hydrogen-bond donors (Lipinski definition) is 3. The van der Waals surface area contributed by atoms with Gasteiger partial charge in [-0.3, -0.25) is 4.79 Å². The minimum absolute atomic E-state index is 0. The number of guanidine groups is 1. The molecular weight excluding hydrogens is 479 g/mol. The lowest BCUT2D eigenvalue weighted by Crippen LogP contribution is -2.45. The molecule has 1 saturated carbocycles. The number of nitrogens with zero attached hydrogens (tertiary/aromatic N) is 2. The first-order chi connectivity index (χ1) is 13.7. The van der Waals surface area contributed by atoms with Crippen LogP contribution in [0.25, 0.3) is 0 Å². The van der Waals surface area contributed by atoms with Crippen molar-refractivity contribution in [2.24, 2.45) is 10.4 Å². The van der Waals surface area contributed by atoms with Gasteiger partial charge in [-0.25, -0.2) is 4.99 Å². The van der Waals surface area contributed by atoms with Gasteiger partial charge in [-0.2, -0.15) is 0 Å². The number of halogens is 1. The van der Waals surface area contributed by atoms with E-state index >= 15 is 0 Å². The Bertz CT molecular complexity index is 684. The maximum Gasteiger partial charge on any atom is 0.248 e. The number of benzene rings is 1. The summed E-state index contributed by atoms with van der Waals surface area (Å²) >= 11 is 0. The number of rotatable bonds is 7. The highest BCUT2D eigenvalue weighted by Crippen LogP contribution is 2.38.